The number of rotatable bonds is 5. The predicted octanol–water partition coefficient (Wildman–Crippen LogP) is 1.86. The van der Waals surface area contributed by atoms with Crippen LogP contribution in [-0.4, -0.2) is 63.7 Å². The van der Waals surface area contributed by atoms with Crippen molar-refractivity contribution in [2.45, 2.75) is 46.2 Å². The minimum atomic E-state index is -0.139. The van der Waals surface area contributed by atoms with E-state index in [0.717, 1.165) is 22.6 Å². The van der Waals surface area contributed by atoms with Gasteiger partial charge < -0.3 is 24.6 Å². The Morgan fingerprint density at radius 2 is 1.83 bits per heavy atom. The molecule has 3 aliphatic heterocycles. The van der Waals surface area contributed by atoms with E-state index >= 15 is 0 Å². The zero-order valence-corrected chi connectivity index (χ0v) is 21.1. The molecule has 192 valence electrons. The van der Waals surface area contributed by atoms with Gasteiger partial charge in [-0.05, 0) is 30.5 Å². The molecule has 0 unspecified atom stereocenters. The van der Waals surface area contributed by atoms with Gasteiger partial charge in [0.2, 0.25) is 18.6 Å². The van der Waals surface area contributed by atoms with E-state index in [1.165, 1.54) is 0 Å². The maximum absolute atomic E-state index is 13.4. The van der Waals surface area contributed by atoms with E-state index in [2.05, 4.69) is 10.4 Å². The molecule has 1 fully saturated rings. The van der Waals surface area contributed by atoms with Crippen molar-refractivity contribution in [2.75, 3.05) is 26.4 Å². The van der Waals surface area contributed by atoms with Crippen LogP contribution in [0.5, 0.6) is 11.5 Å². The van der Waals surface area contributed by atoms with E-state index in [0.29, 0.717) is 63.4 Å². The van der Waals surface area contributed by atoms with E-state index < -0.39 is 0 Å². The molecule has 3 amide bonds. The Morgan fingerprint density at radius 3 is 2.58 bits per heavy atom. The van der Waals surface area contributed by atoms with Gasteiger partial charge in [0.05, 0.1) is 0 Å². The van der Waals surface area contributed by atoms with Crippen molar-refractivity contribution in [3.8, 4) is 11.5 Å². The number of ether oxygens (including phenoxy) is 2. The number of nitrogens with one attached hydrogen (secondary N) is 1. The molecule has 0 saturated carbocycles. The Morgan fingerprint density at radius 1 is 1.08 bits per heavy atom. The number of hydrogen-bond donors (Lipinski definition) is 1. The molecule has 1 N–H and O–H groups in total. The summed E-state index contributed by atoms with van der Waals surface area (Å²) in [5, 5.41) is 7.55. The molecule has 0 bridgehead atoms. The SMILES string of the molecule is CC(C)C(=O)N1CCc2c(c(C(=O)N3CCC(C(=O)NCc4ccc5c(c4)OCO5)CC3)nn2C)C1. The van der Waals surface area contributed by atoms with E-state index in [4.69, 9.17) is 9.47 Å². The molecule has 5 rings (SSSR count). The Hall–Kier alpha value is -3.56. The molecule has 36 heavy (non-hydrogen) atoms. The van der Waals surface area contributed by atoms with Gasteiger partial charge in [0.15, 0.2) is 17.2 Å². The lowest BCUT2D eigenvalue weighted by molar-refractivity contribution is -0.135. The van der Waals surface area contributed by atoms with Gasteiger partial charge in [0.1, 0.15) is 0 Å². The first-order chi connectivity index (χ1) is 17.3. The fourth-order valence-electron chi connectivity index (χ4n) is 5.20. The number of carbonyl (C=O) groups excluding carboxylic acids is 3. The van der Waals surface area contributed by atoms with E-state index in [9.17, 15) is 14.4 Å². The highest BCUT2D eigenvalue weighted by molar-refractivity contribution is 5.94. The van der Waals surface area contributed by atoms with E-state index in [1.54, 1.807) is 9.58 Å². The maximum atomic E-state index is 13.4. The topological polar surface area (TPSA) is 106 Å². The molecular formula is C26H33N5O5. The molecule has 0 atom stereocenters. The summed E-state index contributed by atoms with van der Waals surface area (Å²) in [5.74, 6) is 1.16. The number of likely N-dealkylation sites (tertiary alicyclic amines) is 1. The largest absolute Gasteiger partial charge is 0.454 e. The molecule has 10 nitrogen and oxygen atoms in total. The molecule has 0 aliphatic carbocycles. The number of hydrogen-bond acceptors (Lipinski definition) is 6. The zero-order valence-electron chi connectivity index (χ0n) is 21.1. The van der Waals surface area contributed by atoms with Crippen molar-refractivity contribution in [3.05, 3.63) is 40.7 Å². The smallest absolute Gasteiger partial charge is 0.274 e. The standard InChI is InChI=1S/C26H33N5O5/c1-16(2)25(33)31-11-8-20-19(14-31)23(28-29(20)3)26(34)30-9-6-18(7-10-30)24(32)27-13-17-4-5-21-22(12-17)36-15-35-21/h4-5,12,16,18H,6-11,13-15H2,1-3H3,(H,27,32). The van der Waals surface area contributed by atoms with Crippen LogP contribution in [0, 0.1) is 11.8 Å². The molecule has 1 saturated heterocycles. The van der Waals surface area contributed by atoms with Gasteiger partial charge in [-0.15, -0.1) is 0 Å². The first-order valence-electron chi connectivity index (χ1n) is 12.6. The summed E-state index contributed by atoms with van der Waals surface area (Å²) in [6.07, 6.45) is 1.90. The third kappa shape index (κ3) is 4.64. The molecule has 1 aromatic heterocycles. The number of amides is 3. The van der Waals surface area contributed by atoms with Crippen LogP contribution < -0.4 is 14.8 Å². The minimum absolute atomic E-state index is 0.00202. The van der Waals surface area contributed by atoms with Crippen LogP contribution in [0.2, 0.25) is 0 Å². The van der Waals surface area contributed by atoms with Crippen molar-refractivity contribution in [1.82, 2.24) is 24.9 Å². The third-order valence-electron chi connectivity index (χ3n) is 7.31. The number of aryl methyl sites for hydroxylation is 1. The Bertz CT molecular complexity index is 1180. The Labute approximate surface area is 210 Å². The maximum Gasteiger partial charge on any atom is 0.274 e. The normalized spacial score (nSPS) is 17.3. The number of piperidine rings is 1. The molecule has 3 aliphatic rings. The first-order valence-corrected chi connectivity index (χ1v) is 12.6. The second-order valence-corrected chi connectivity index (χ2v) is 10.0. The van der Waals surface area contributed by atoms with Crippen LogP contribution in [0.4, 0.5) is 0 Å². The van der Waals surface area contributed by atoms with Crippen LogP contribution in [0.15, 0.2) is 18.2 Å². The molecule has 2 aromatic rings. The van der Waals surface area contributed by atoms with Crippen LogP contribution in [0.3, 0.4) is 0 Å². The lowest BCUT2D eigenvalue weighted by atomic mass is 9.95. The fraction of sp³-hybridized carbons (Fsp3) is 0.538. The molecule has 0 radical (unpaired) electrons. The summed E-state index contributed by atoms with van der Waals surface area (Å²) in [4.78, 5) is 42.3. The highest BCUT2D eigenvalue weighted by Gasteiger charge is 2.34. The van der Waals surface area contributed by atoms with Crippen LogP contribution in [0.25, 0.3) is 0 Å². The summed E-state index contributed by atoms with van der Waals surface area (Å²) in [6, 6.07) is 5.65. The van der Waals surface area contributed by atoms with Crippen LogP contribution in [-0.2, 0) is 36.1 Å². The summed E-state index contributed by atoms with van der Waals surface area (Å²) in [5.41, 5.74) is 3.25. The summed E-state index contributed by atoms with van der Waals surface area (Å²) in [6.45, 7) is 6.48. The highest BCUT2D eigenvalue weighted by atomic mass is 16.7. The lowest BCUT2D eigenvalue weighted by Crippen LogP contribution is -2.43. The van der Waals surface area contributed by atoms with Gasteiger partial charge in [0, 0.05) is 69.3 Å². The number of nitrogens with zero attached hydrogens (tertiary/aromatic N) is 4. The predicted molar refractivity (Wildman–Crippen MR) is 130 cm³/mol. The van der Waals surface area contributed by atoms with Crippen molar-refractivity contribution >= 4 is 17.7 Å². The second kappa shape index (κ2) is 9.83. The van der Waals surface area contributed by atoms with Crippen molar-refractivity contribution in [3.63, 3.8) is 0 Å². The summed E-state index contributed by atoms with van der Waals surface area (Å²) in [7, 11) is 1.85. The molecule has 0 spiro atoms. The summed E-state index contributed by atoms with van der Waals surface area (Å²) >= 11 is 0. The monoisotopic (exact) mass is 495 g/mol. The Balaban J connectivity index is 1.17. The third-order valence-corrected chi connectivity index (χ3v) is 7.31. The van der Waals surface area contributed by atoms with Gasteiger partial charge in [-0.2, -0.15) is 5.10 Å². The quantitative estimate of drug-likeness (QED) is 0.679. The molecule has 1 aromatic carbocycles. The molecule has 4 heterocycles. The second-order valence-electron chi connectivity index (χ2n) is 10.0. The number of benzene rings is 1. The number of carbonyl (C=O) groups is 3. The number of aromatic nitrogens is 2. The van der Waals surface area contributed by atoms with Crippen molar-refractivity contribution < 1.29 is 23.9 Å². The molecular weight excluding hydrogens is 462 g/mol. The van der Waals surface area contributed by atoms with Crippen LogP contribution in [0.1, 0.15) is 54.0 Å². The van der Waals surface area contributed by atoms with Gasteiger partial charge in [-0.1, -0.05) is 19.9 Å². The highest BCUT2D eigenvalue weighted by Crippen LogP contribution is 2.32. The average Bonchev–Trinajstić information content (AvgIpc) is 3.50. The number of fused-ring (bicyclic) bond motifs is 2. The van der Waals surface area contributed by atoms with Crippen molar-refractivity contribution in [1.29, 1.82) is 0 Å². The van der Waals surface area contributed by atoms with E-state index in [1.807, 2.05) is 44.0 Å². The summed E-state index contributed by atoms with van der Waals surface area (Å²) < 4.78 is 12.5. The van der Waals surface area contributed by atoms with E-state index in [-0.39, 0.29) is 36.4 Å². The van der Waals surface area contributed by atoms with Crippen molar-refractivity contribution in [2.24, 2.45) is 18.9 Å². The van der Waals surface area contributed by atoms with Gasteiger partial charge in [-0.3, -0.25) is 19.1 Å². The van der Waals surface area contributed by atoms with Gasteiger partial charge >= 0.3 is 0 Å². The van der Waals surface area contributed by atoms with Gasteiger partial charge in [0.25, 0.3) is 5.91 Å². The Kier molecular flexibility index (Phi) is 6.59. The molecule has 10 heteroatoms. The lowest BCUT2D eigenvalue weighted by Gasteiger charge is -2.32. The minimum Gasteiger partial charge on any atom is -0.454 e. The van der Waals surface area contributed by atoms with Crippen LogP contribution >= 0.6 is 0 Å². The average molecular weight is 496 g/mol. The zero-order chi connectivity index (χ0) is 25.4. The van der Waals surface area contributed by atoms with Gasteiger partial charge in [-0.25, -0.2) is 0 Å². The fourth-order valence-corrected chi connectivity index (χ4v) is 5.20. The first kappa shape index (κ1) is 24.1.